The number of hydrogen-bond donors (Lipinski definition) is 0. The maximum atomic E-state index is 13.3. The molecule has 1 aliphatic heterocycles. The number of halogens is 2. The summed E-state index contributed by atoms with van der Waals surface area (Å²) in [4.78, 5) is 15.7. The van der Waals surface area contributed by atoms with E-state index in [4.69, 9.17) is 11.6 Å². The average Bonchev–Trinajstić information content (AvgIpc) is 2.63. The zero-order valence-corrected chi connectivity index (χ0v) is 8.87. The molecule has 3 nitrogen and oxygen atoms in total. The van der Waals surface area contributed by atoms with Crippen molar-refractivity contribution in [3.8, 4) is 0 Å². The Bertz CT molecular complexity index is 497. The van der Waals surface area contributed by atoms with Gasteiger partial charge in [-0.15, -0.1) is 11.6 Å². The first-order valence-electron chi connectivity index (χ1n) is 4.53. The van der Waals surface area contributed by atoms with E-state index >= 15 is 0 Å². The van der Waals surface area contributed by atoms with Crippen molar-refractivity contribution in [1.29, 1.82) is 0 Å². The average molecular weight is 240 g/mol. The van der Waals surface area contributed by atoms with Crippen molar-refractivity contribution in [2.45, 2.75) is 0 Å². The standard InChI is InChI=1S/C11H7ClFNO2/c12-6-10-8(11(15)16-14-10)5-7-3-1-2-4-9(7)13/h1-5H,6H2. The second kappa shape index (κ2) is 4.45. The molecule has 0 aliphatic carbocycles. The summed E-state index contributed by atoms with van der Waals surface area (Å²) < 4.78 is 13.3. The van der Waals surface area contributed by atoms with Crippen LogP contribution >= 0.6 is 11.6 Å². The highest BCUT2D eigenvalue weighted by molar-refractivity contribution is 6.38. The van der Waals surface area contributed by atoms with E-state index in [2.05, 4.69) is 9.99 Å². The third-order valence-electron chi connectivity index (χ3n) is 2.10. The van der Waals surface area contributed by atoms with E-state index in [0.29, 0.717) is 11.3 Å². The van der Waals surface area contributed by atoms with Gasteiger partial charge in [-0.3, -0.25) is 0 Å². The Balaban J connectivity index is 2.41. The third kappa shape index (κ3) is 1.97. The Morgan fingerprint density at radius 2 is 2.19 bits per heavy atom. The molecule has 2 rings (SSSR count). The Hall–Kier alpha value is -1.68. The maximum absolute atomic E-state index is 13.3. The SMILES string of the molecule is O=C1ON=C(CCl)C1=Cc1ccccc1F. The molecule has 0 unspecified atom stereocenters. The molecule has 1 aromatic rings. The molecule has 0 bridgehead atoms. The number of carbonyl (C=O) groups is 1. The second-order valence-electron chi connectivity index (χ2n) is 3.13. The van der Waals surface area contributed by atoms with Gasteiger partial charge in [0, 0.05) is 5.56 Å². The summed E-state index contributed by atoms with van der Waals surface area (Å²) in [5.41, 5.74) is 0.809. The van der Waals surface area contributed by atoms with Crippen LogP contribution in [0.4, 0.5) is 4.39 Å². The lowest BCUT2D eigenvalue weighted by Crippen LogP contribution is -2.06. The van der Waals surface area contributed by atoms with Gasteiger partial charge in [0.05, 0.1) is 11.5 Å². The lowest BCUT2D eigenvalue weighted by atomic mass is 10.1. The number of oxime groups is 1. The predicted molar refractivity (Wildman–Crippen MR) is 58.6 cm³/mol. The molecule has 1 aromatic carbocycles. The number of benzene rings is 1. The van der Waals surface area contributed by atoms with Gasteiger partial charge in [0.2, 0.25) is 0 Å². The van der Waals surface area contributed by atoms with Crippen molar-refractivity contribution < 1.29 is 14.0 Å². The monoisotopic (exact) mass is 239 g/mol. The Morgan fingerprint density at radius 3 is 2.88 bits per heavy atom. The normalized spacial score (nSPS) is 17.5. The highest BCUT2D eigenvalue weighted by Gasteiger charge is 2.24. The van der Waals surface area contributed by atoms with E-state index in [-0.39, 0.29) is 11.5 Å². The fourth-order valence-corrected chi connectivity index (χ4v) is 1.49. The molecule has 0 amide bonds. The fraction of sp³-hybridized carbons (Fsp3) is 0.0909. The van der Waals surface area contributed by atoms with Crippen LogP contribution in [0, 0.1) is 5.82 Å². The van der Waals surface area contributed by atoms with Crippen LogP contribution in [0.2, 0.25) is 0 Å². The molecule has 82 valence electrons. The molecule has 0 atom stereocenters. The third-order valence-corrected chi connectivity index (χ3v) is 2.35. The van der Waals surface area contributed by atoms with Crippen LogP contribution < -0.4 is 0 Å². The van der Waals surface area contributed by atoms with E-state index in [1.807, 2.05) is 0 Å². The van der Waals surface area contributed by atoms with Gasteiger partial charge < -0.3 is 4.84 Å². The van der Waals surface area contributed by atoms with Crippen molar-refractivity contribution in [3.63, 3.8) is 0 Å². The minimum atomic E-state index is -0.612. The van der Waals surface area contributed by atoms with Gasteiger partial charge in [0.1, 0.15) is 11.5 Å². The van der Waals surface area contributed by atoms with Crippen molar-refractivity contribution in [1.82, 2.24) is 0 Å². The van der Waals surface area contributed by atoms with Crippen LogP contribution in [-0.4, -0.2) is 17.6 Å². The Labute approximate surface area is 96.2 Å². The topological polar surface area (TPSA) is 38.7 Å². The minimum Gasteiger partial charge on any atom is -0.312 e. The molecule has 0 aromatic heterocycles. The zero-order valence-electron chi connectivity index (χ0n) is 8.11. The molecule has 0 saturated carbocycles. The van der Waals surface area contributed by atoms with E-state index in [0.717, 1.165) is 0 Å². The first kappa shape index (κ1) is 10.8. The smallest absolute Gasteiger partial charge is 0.312 e. The van der Waals surface area contributed by atoms with Crippen LogP contribution in [0.15, 0.2) is 35.0 Å². The molecule has 0 fully saturated rings. The van der Waals surface area contributed by atoms with Gasteiger partial charge in [-0.1, -0.05) is 23.4 Å². The van der Waals surface area contributed by atoms with Gasteiger partial charge in [0.25, 0.3) is 0 Å². The summed E-state index contributed by atoms with van der Waals surface area (Å²) in [6.07, 6.45) is 1.38. The Morgan fingerprint density at radius 1 is 1.44 bits per heavy atom. The number of alkyl halides is 1. The first-order valence-corrected chi connectivity index (χ1v) is 5.06. The molecule has 5 heteroatoms. The molecule has 0 spiro atoms. The summed E-state index contributed by atoms with van der Waals surface area (Å²) in [5.74, 6) is -0.978. The quantitative estimate of drug-likeness (QED) is 0.451. The van der Waals surface area contributed by atoms with Gasteiger partial charge in [-0.2, -0.15) is 0 Å². The molecule has 1 heterocycles. The summed E-state index contributed by atoms with van der Waals surface area (Å²) in [6, 6.07) is 6.11. The van der Waals surface area contributed by atoms with Crippen LogP contribution in [0.3, 0.4) is 0 Å². The van der Waals surface area contributed by atoms with Crippen molar-refractivity contribution in [3.05, 3.63) is 41.2 Å². The fourth-order valence-electron chi connectivity index (χ4n) is 1.30. The first-order chi connectivity index (χ1) is 7.72. The second-order valence-corrected chi connectivity index (χ2v) is 3.40. The Kier molecular flexibility index (Phi) is 3.01. The van der Waals surface area contributed by atoms with Crippen LogP contribution in [0.5, 0.6) is 0 Å². The highest BCUT2D eigenvalue weighted by atomic mass is 35.5. The minimum absolute atomic E-state index is 0.0476. The van der Waals surface area contributed by atoms with Crippen molar-refractivity contribution in [2.24, 2.45) is 5.16 Å². The van der Waals surface area contributed by atoms with Gasteiger partial charge in [-0.25, -0.2) is 9.18 Å². The maximum Gasteiger partial charge on any atom is 0.367 e. The van der Waals surface area contributed by atoms with E-state index in [1.165, 1.54) is 12.1 Å². The number of nitrogens with zero attached hydrogens (tertiary/aromatic N) is 1. The van der Waals surface area contributed by atoms with Crippen LogP contribution in [0.25, 0.3) is 6.08 Å². The van der Waals surface area contributed by atoms with E-state index < -0.39 is 11.8 Å². The number of hydrogen-bond acceptors (Lipinski definition) is 3. The van der Waals surface area contributed by atoms with Gasteiger partial charge in [-0.05, 0) is 12.1 Å². The summed E-state index contributed by atoms with van der Waals surface area (Å²) in [7, 11) is 0. The van der Waals surface area contributed by atoms with Crippen molar-refractivity contribution in [2.75, 3.05) is 5.88 Å². The molecule has 16 heavy (non-hydrogen) atoms. The molecule has 1 aliphatic rings. The molecular weight excluding hydrogens is 233 g/mol. The zero-order chi connectivity index (χ0) is 11.5. The lowest BCUT2D eigenvalue weighted by molar-refractivity contribution is -0.136. The largest absolute Gasteiger partial charge is 0.367 e. The number of rotatable bonds is 2. The molecule has 0 radical (unpaired) electrons. The van der Waals surface area contributed by atoms with E-state index in [1.54, 1.807) is 18.2 Å². The lowest BCUT2D eigenvalue weighted by Gasteiger charge is -1.97. The van der Waals surface area contributed by atoms with Crippen molar-refractivity contribution >= 4 is 29.4 Å². The molecule has 0 saturated heterocycles. The summed E-state index contributed by atoms with van der Waals surface area (Å²) in [6.45, 7) is 0. The van der Waals surface area contributed by atoms with E-state index in [9.17, 15) is 9.18 Å². The molecular formula is C11H7ClFNO2. The highest BCUT2D eigenvalue weighted by Crippen LogP contribution is 2.18. The number of carbonyl (C=O) groups excluding carboxylic acids is 1. The van der Waals surface area contributed by atoms with Crippen LogP contribution in [0.1, 0.15) is 5.56 Å². The summed E-state index contributed by atoms with van der Waals surface area (Å²) in [5, 5.41) is 3.49. The van der Waals surface area contributed by atoms with Crippen LogP contribution in [-0.2, 0) is 9.63 Å². The van der Waals surface area contributed by atoms with Gasteiger partial charge >= 0.3 is 5.97 Å². The summed E-state index contributed by atoms with van der Waals surface area (Å²) >= 11 is 5.58. The molecule has 0 N–H and O–H groups in total. The van der Waals surface area contributed by atoms with Gasteiger partial charge in [0.15, 0.2) is 0 Å². The predicted octanol–water partition coefficient (Wildman–Crippen LogP) is 2.36.